The van der Waals surface area contributed by atoms with Crippen molar-refractivity contribution in [3.63, 3.8) is 0 Å². The molecule has 0 aromatic carbocycles. The number of carbonyl (C=O) groups is 1. The molecule has 148 valence electrons. The predicted molar refractivity (Wildman–Crippen MR) is 102 cm³/mol. The van der Waals surface area contributed by atoms with Gasteiger partial charge in [-0.05, 0) is 32.1 Å². The summed E-state index contributed by atoms with van der Waals surface area (Å²) in [5.41, 5.74) is 0. The van der Waals surface area contributed by atoms with Crippen molar-refractivity contribution in [2.24, 2.45) is 0 Å². The van der Waals surface area contributed by atoms with Crippen LogP contribution in [-0.2, 0) is 18.4 Å². The Morgan fingerprint density at radius 3 is 1.88 bits per heavy atom. The topological polar surface area (TPSA) is 72.8 Å². The van der Waals surface area contributed by atoms with Crippen molar-refractivity contribution in [1.82, 2.24) is 0 Å². The number of carbonyl (C=O) groups excluding carboxylic acids is 1. The molecule has 25 heavy (non-hydrogen) atoms. The quantitative estimate of drug-likeness (QED) is 0.183. The summed E-state index contributed by atoms with van der Waals surface area (Å²) in [6, 6.07) is 0. The minimum atomic E-state index is -4.18. The smallest absolute Gasteiger partial charge is 0.371 e. The first-order valence-corrected chi connectivity index (χ1v) is 11.3. The van der Waals surface area contributed by atoms with Gasteiger partial charge < -0.3 is 4.52 Å². The van der Waals surface area contributed by atoms with E-state index in [-0.39, 0.29) is 6.42 Å². The molecule has 0 rings (SSSR count). The molecule has 0 fully saturated rings. The van der Waals surface area contributed by atoms with E-state index >= 15 is 0 Å². The van der Waals surface area contributed by atoms with E-state index in [0.717, 1.165) is 32.8 Å². The fraction of sp³-hybridized carbons (Fsp3) is 0.842. The standard InChI is InChI=1S/C19H37O5P/c1-3-4-5-6-7-8-9-10-11-12-13-14-15-16-17-18-19(20)24-25(21,22)23-2/h10-11H,3-9,12-18H2,1-2H3,(H,21,22). The highest BCUT2D eigenvalue weighted by atomic mass is 31.2. The average Bonchev–Trinajstić information content (AvgIpc) is 2.58. The van der Waals surface area contributed by atoms with Crippen molar-refractivity contribution in [3.8, 4) is 0 Å². The van der Waals surface area contributed by atoms with Crippen LogP contribution in [0, 0.1) is 0 Å². The van der Waals surface area contributed by atoms with E-state index < -0.39 is 13.8 Å². The van der Waals surface area contributed by atoms with Crippen molar-refractivity contribution in [2.45, 2.75) is 96.8 Å². The lowest BCUT2D eigenvalue weighted by Crippen LogP contribution is -2.03. The molecular formula is C19H37O5P. The summed E-state index contributed by atoms with van der Waals surface area (Å²) >= 11 is 0. The predicted octanol–water partition coefficient (Wildman–Crippen LogP) is 6.31. The van der Waals surface area contributed by atoms with Crippen LogP contribution < -0.4 is 0 Å². The second-order valence-corrected chi connectivity index (χ2v) is 7.93. The number of hydrogen-bond donors (Lipinski definition) is 1. The van der Waals surface area contributed by atoms with Crippen molar-refractivity contribution >= 4 is 13.8 Å². The first-order chi connectivity index (χ1) is 12.0. The summed E-state index contributed by atoms with van der Waals surface area (Å²) in [5.74, 6) is -0.676. The van der Waals surface area contributed by atoms with Crippen LogP contribution in [0.5, 0.6) is 0 Å². The Morgan fingerprint density at radius 2 is 1.36 bits per heavy atom. The van der Waals surface area contributed by atoms with E-state index in [0.29, 0.717) is 6.42 Å². The number of phosphoric acid groups is 1. The highest BCUT2D eigenvalue weighted by Crippen LogP contribution is 2.42. The molecule has 0 aromatic heterocycles. The molecule has 0 heterocycles. The number of phosphoric ester groups is 1. The van der Waals surface area contributed by atoms with Crippen molar-refractivity contribution in [3.05, 3.63) is 12.2 Å². The van der Waals surface area contributed by atoms with E-state index in [2.05, 4.69) is 28.1 Å². The lowest BCUT2D eigenvalue weighted by Gasteiger charge is -2.08. The molecule has 6 heteroatoms. The number of allylic oxidation sites excluding steroid dienone is 2. The summed E-state index contributed by atoms with van der Waals surface area (Å²) in [6.45, 7) is 2.24. The molecule has 0 aliphatic heterocycles. The molecule has 0 saturated carbocycles. The summed E-state index contributed by atoms with van der Waals surface area (Å²) < 4.78 is 19.6. The van der Waals surface area contributed by atoms with E-state index in [1.165, 1.54) is 51.4 Å². The van der Waals surface area contributed by atoms with Crippen LogP contribution >= 0.6 is 7.82 Å². The normalized spacial score (nSPS) is 13.9. The van der Waals surface area contributed by atoms with Gasteiger partial charge in [0.05, 0.1) is 0 Å². The lowest BCUT2D eigenvalue weighted by molar-refractivity contribution is -0.136. The first kappa shape index (κ1) is 24.4. The zero-order chi connectivity index (χ0) is 18.8. The molecule has 0 aromatic rings. The summed E-state index contributed by atoms with van der Waals surface area (Å²) in [6.07, 6.45) is 20.1. The van der Waals surface area contributed by atoms with Gasteiger partial charge in [-0.1, -0.05) is 70.4 Å². The summed E-state index contributed by atoms with van der Waals surface area (Å²) in [7, 11) is -3.14. The molecular weight excluding hydrogens is 339 g/mol. The van der Waals surface area contributed by atoms with Crippen LogP contribution in [0.25, 0.3) is 0 Å². The fourth-order valence-corrected chi connectivity index (χ4v) is 2.97. The van der Waals surface area contributed by atoms with Crippen LogP contribution in [0.15, 0.2) is 12.2 Å². The van der Waals surface area contributed by atoms with Gasteiger partial charge >= 0.3 is 13.8 Å². The van der Waals surface area contributed by atoms with Gasteiger partial charge in [-0.2, -0.15) is 0 Å². The second-order valence-electron chi connectivity index (χ2n) is 6.45. The van der Waals surface area contributed by atoms with Crippen LogP contribution in [-0.4, -0.2) is 18.0 Å². The maximum atomic E-state index is 11.3. The van der Waals surface area contributed by atoms with Gasteiger partial charge in [0, 0.05) is 13.5 Å². The largest absolute Gasteiger partial charge is 0.529 e. The zero-order valence-electron chi connectivity index (χ0n) is 16.1. The highest BCUT2D eigenvalue weighted by molar-refractivity contribution is 7.48. The molecule has 1 unspecified atom stereocenters. The molecule has 0 radical (unpaired) electrons. The summed E-state index contributed by atoms with van der Waals surface area (Å²) in [5, 5.41) is 0. The first-order valence-electron chi connectivity index (χ1n) is 9.77. The minimum Gasteiger partial charge on any atom is -0.371 e. The van der Waals surface area contributed by atoms with Gasteiger partial charge in [-0.15, -0.1) is 0 Å². The Bertz CT molecular complexity index is 395. The number of hydrogen-bond acceptors (Lipinski definition) is 4. The third-order valence-electron chi connectivity index (χ3n) is 4.09. The molecule has 1 N–H and O–H groups in total. The third-order valence-corrected chi connectivity index (χ3v) is 4.99. The molecule has 5 nitrogen and oxygen atoms in total. The fourth-order valence-electron chi connectivity index (χ4n) is 2.55. The monoisotopic (exact) mass is 376 g/mol. The molecule has 0 saturated heterocycles. The van der Waals surface area contributed by atoms with Crippen molar-refractivity contribution < 1.29 is 23.3 Å². The molecule has 0 aliphatic rings. The highest BCUT2D eigenvalue weighted by Gasteiger charge is 2.23. The molecule has 0 amide bonds. The van der Waals surface area contributed by atoms with Gasteiger partial charge in [-0.3, -0.25) is 14.2 Å². The molecule has 0 bridgehead atoms. The second kappa shape index (κ2) is 16.8. The maximum absolute atomic E-state index is 11.3. The minimum absolute atomic E-state index is 0.159. The SMILES string of the molecule is CCCCCCCCC=CCCCCCCCC(=O)OP(=O)(O)OC. The van der Waals surface area contributed by atoms with Crippen molar-refractivity contribution in [1.29, 1.82) is 0 Å². The Labute approximate surface area is 153 Å². The van der Waals surface area contributed by atoms with Crippen LogP contribution in [0.2, 0.25) is 0 Å². The Hall–Kier alpha value is -0.640. The molecule has 0 aliphatic carbocycles. The lowest BCUT2D eigenvalue weighted by atomic mass is 10.1. The van der Waals surface area contributed by atoms with Gasteiger partial charge in [0.1, 0.15) is 0 Å². The van der Waals surface area contributed by atoms with Gasteiger partial charge in [0.15, 0.2) is 0 Å². The Balaban J connectivity index is 3.32. The van der Waals surface area contributed by atoms with E-state index in [1.807, 2.05) is 0 Å². The van der Waals surface area contributed by atoms with E-state index in [1.54, 1.807) is 0 Å². The van der Waals surface area contributed by atoms with Crippen LogP contribution in [0.4, 0.5) is 0 Å². The van der Waals surface area contributed by atoms with Gasteiger partial charge in [-0.25, -0.2) is 4.57 Å². The van der Waals surface area contributed by atoms with Crippen LogP contribution in [0.3, 0.4) is 0 Å². The van der Waals surface area contributed by atoms with Crippen LogP contribution in [0.1, 0.15) is 96.8 Å². The maximum Gasteiger partial charge on any atom is 0.529 e. The van der Waals surface area contributed by atoms with Gasteiger partial charge in [0.2, 0.25) is 0 Å². The molecule has 0 spiro atoms. The Morgan fingerprint density at radius 1 is 0.880 bits per heavy atom. The average molecular weight is 376 g/mol. The zero-order valence-corrected chi connectivity index (χ0v) is 17.0. The van der Waals surface area contributed by atoms with Gasteiger partial charge in [0.25, 0.3) is 0 Å². The van der Waals surface area contributed by atoms with E-state index in [4.69, 9.17) is 4.89 Å². The molecule has 1 atom stereocenters. The summed E-state index contributed by atoms with van der Waals surface area (Å²) in [4.78, 5) is 20.3. The van der Waals surface area contributed by atoms with Crippen molar-refractivity contribution in [2.75, 3.05) is 7.11 Å². The number of unbranched alkanes of at least 4 members (excludes halogenated alkanes) is 11. The Kier molecular flexibility index (Phi) is 16.4. The third kappa shape index (κ3) is 18.0. The van der Waals surface area contributed by atoms with E-state index in [9.17, 15) is 9.36 Å². The number of rotatable bonds is 17.